The lowest BCUT2D eigenvalue weighted by molar-refractivity contribution is -0.274. The van der Waals surface area contributed by atoms with Crippen LogP contribution in [0.3, 0.4) is 0 Å². The first-order chi connectivity index (χ1) is 14.3. The van der Waals surface area contributed by atoms with Gasteiger partial charge in [0.15, 0.2) is 0 Å². The second kappa shape index (κ2) is 8.00. The summed E-state index contributed by atoms with van der Waals surface area (Å²) < 4.78 is 40.9. The second-order valence-corrected chi connectivity index (χ2v) is 7.78. The van der Waals surface area contributed by atoms with Crippen molar-refractivity contribution >= 4 is 5.91 Å². The molecule has 2 atom stereocenters. The summed E-state index contributed by atoms with van der Waals surface area (Å²) in [6, 6.07) is 14.8. The molecule has 0 radical (unpaired) electrons. The number of nitrogens with one attached hydrogen (secondary N) is 1. The SMILES string of the molecule is N#Cc1cccc(CN2CC3C(CNC(=O)c4cccc(OC(F)(F)F)c4)C3C2)c1. The number of fused-ring (bicyclic) bond motifs is 1. The molecule has 1 saturated carbocycles. The van der Waals surface area contributed by atoms with Gasteiger partial charge < -0.3 is 10.1 Å². The number of nitriles is 1. The molecule has 2 unspecified atom stereocenters. The van der Waals surface area contributed by atoms with Gasteiger partial charge in [-0.2, -0.15) is 5.26 Å². The molecule has 1 N–H and O–H groups in total. The average Bonchev–Trinajstić information content (AvgIpc) is 3.16. The number of carbonyl (C=O) groups is 1. The van der Waals surface area contributed by atoms with Gasteiger partial charge in [-0.25, -0.2) is 0 Å². The molecule has 8 heteroatoms. The molecule has 2 aromatic carbocycles. The van der Waals surface area contributed by atoms with E-state index in [9.17, 15) is 18.0 Å². The van der Waals surface area contributed by atoms with Crippen molar-refractivity contribution in [3.05, 3.63) is 65.2 Å². The van der Waals surface area contributed by atoms with Gasteiger partial charge in [0.2, 0.25) is 0 Å². The summed E-state index contributed by atoms with van der Waals surface area (Å²) in [6.07, 6.45) is -4.79. The topological polar surface area (TPSA) is 65.4 Å². The van der Waals surface area contributed by atoms with Crippen LogP contribution in [0.1, 0.15) is 21.5 Å². The number of hydrogen-bond donors (Lipinski definition) is 1. The van der Waals surface area contributed by atoms with Crippen LogP contribution in [0.15, 0.2) is 48.5 Å². The maximum absolute atomic E-state index is 12.3. The number of ether oxygens (including phenoxy) is 1. The fourth-order valence-corrected chi connectivity index (χ4v) is 4.31. The molecule has 0 spiro atoms. The number of benzene rings is 2. The van der Waals surface area contributed by atoms with E-state index in [1.807, 2.05) is 18.2 Å². The van der Waals surface area contributed by atoms with Gasteiger partial charge in [-0.3, -0.25) is 9.69 Å². The van der Waals surface area contributed by atoms with Gasteiger partial charge in [-0.15, -0.1) is 13.2 Å². The Bertz CT molecular complexity index is 974. The van der Waals surface area contributed by atoms with E-state index < -0.39 is 18.0 Å². The number of carbonyl (C=O) groups excluding carboxylic acids is 1. The minimum atomic E-state index is -4.79. The van der Waals surface area contributed by atoms with Crippen LogP contribution in [0.2, 0.25) is 0 Å². The molecule has 5 nitrogen and oxygen atoms in total. The molecule has 2 fully saturated rings. The van der Waals surface area contributed by atoms with Crippen molar-refractivity contribution in [2.24, 2.45) is 17.8 Å². The molecule has 30 heavy (non-hydrogen) atoms. The third-order valence-electron chi connectivity index (χ3n) is 5.74. The van der Waals surface area contributed by atoms with Gasteiger partial charge in [0.25, 0.3) is 5.91 Å². The largest absolute Gasteiger partial charge is 0.573 e. The van der Waals surface area contributed by atoms with Crippen LogP contribution in [0.5, 0.6) is 5.75 Å². The highest BCUT2D eigenvalue weighted by Crippen LogP contribution is 2.51. The smallest absolute Gasteiger partial charge is 0.406 e. The van der Waals surface area contributed by atoms with E-state index in [1.165, 1.54) is 12.1 Å². The van der Waals surface area contributed by atoms with E-state index in [-0.39, 0.29) is 5.56 Å². The summed E-state index contributed by atoms with van der Waals surface area (Å²) in [5, 5.41) is 11.8. The third kappa shape index (κ3) is 4.74. The molecule has 0 bridgehead atoms. The molecule has 1 amide bonds. The minimum Gasteiger partial charge on any atom is -0.406 e. The molecule has 4 rings (SSSR count). The Kier molecular flexibility index (Phi) is 5.39. The van der Waals surface area contributed by atoms with Crippen molar-refractivity contribution in [1.82, 2.24) is 10.2 Å². The lowest BCUT2D eigenvalue weighted by atomic mass is 10.1. The third-order valence-corrected chi connectivity index (χ3v) is 5.74. The number of piperidine rings is 1. The molecule has 2 aliphatic rings. The van der Waals surface area contributed by atoms with Gasteiger partial charge >= 0.3 is 6.36 Å². The van der Waals surface area contributed by atoms with Crippen molar-refractivity contribution in [3.63, 3.8) is 0 Å². The van der Waals surface area contributed by atoms with Gasteiger partial charge in [0.1, 0.15) is 5.75 Å². The number of likely N-dealkylation sites (tertiary alicyclic amines) is 1. The Morgan fingerprint density at radius 1 is 1.17 bits per heavy atom. The fraction of sp³-hybridized carbons (Fsp3) is 0.364. The number of amides is 1. The second-order valence-electron chi connectivity index (χ2n) is 7.78. The summed E-state index contributed by atoms with van der Waals surface area (Å²) in [6.45, 7) is 3.19. The highest BCUT2D eigenvalue weighted by atomic mass is 19.4. The molecular formula is C22H20F3N3O2. The number of rotatable bonds is 6. The molecule has 2 aromatic rings. The van der Waals surface area contributed by atoms with E-state index in [2.05, 4.69) is 21.0 Å². The first kappa shape index (κ1) is 20.2. The van der Waals surface area contributed by atoms with Gasteiger partial charge in [0, 0.05) is 31.7 Å². The van der Waals surface area contributed by atoms with E-state index in [0.717, 1.165) is 37.3 Å². The van der Waals surface area contributed by atoms with Crippen LogP contribution in [-0.2, 0) is 6.54 Å². The zero-order valence-corrected chi connectivity index (χ0v) is 16.0. The Morgan fingerprint density at radius 3 is 2.60 bits per heavy atom. The minimum absolute atomic E-state index is 0.140. The lowest BCUT2D eigenvalue weighted by Crippen LogP contribution is -2.30. The molecular weight excluding hydrogens is 395 g/mol. The highest BCUT2D eigenvalue weighted by molar-refractivity contribution is 5.94. The molecule has 1 heterocycles. The standard InChI is InChI=1S/C22H20F3N3O2/c23-22(24,25)30-17-6-2-5-16(8-17)21(29)27-10-18-19-12-28(13-20(18)19)11-15-4-1-3-14(7-15)9-26/h1-8,18-20H,10-13H2,(H,27,29). The summed E-state index contributed by atoms with van der Waals surface area (Å²) in [4.78, 5) is 14.6. The van der Waals surface area contributed by atoms with Crippen LogP contribution >= 0.6 is 0 Å². The predicted octanol–water partition coefficient (Wildman–Crippen LogP) is 3.56. The Hall–Kier alpha value is -3.05. The quantitative estimate of drug-likeness (QED) is 0.784. The number of alkyl halides is 3. The summed E-state index contributed by atoms with van der Waals surface area (Å²) in [5.74, 6) is 0.617. The monoisotopic (exact) mass is 415 g/mol. The van der Waals surface area contributed by atoms with Crippen molar-refractivity contribution in [2.75, 3.05) is 19.6 Å². The maximum Gasteiger partial charge on any atom is 0.573 e. The molecule has 1 saturated heterocycles. The van der Waals surface area contributed by atoms with Crippen LogP contribution in [0, 0.1) is 29.1 Å². The molecule has 1 aliphatic heterocycles. The molecule has 1 aliphatic carbocycles. The van der Waals surface area contributed by atoms with Crippen LogP contribution < -0.4 is 10.1 Å². The van der Waals surface area contributed by atoms with E-state index in [0.29, 0.717) is 29.9 Å². The van der Waals surface area contributed by atoms with Crippen molar-refractivity contribution < 1.29 is 22.7 Å². The fourth-order valence-electron chi connectivity index (χ4n) is 4.31. The average molecular weight is 415 g/mol. The van der Waals surface area contributed by atoms with Crippen LogP contribution in [-0.4, -0.2) is 36.8 Å². The number of hydrogen-bond acceptors (Lipinski definition) is 4. The first-order valence-electron chi connectivity index (χ1n) is 9.68. The van der Waals surface area contributed by atoms with Crippen molar-refractivity contribution in [3.8, 4) is 11.8 Å². The van der Waals surface area contributed by atoms with Gasteiger partial charge in [0.05, 0.1) is 11.6 Å². The zero-order chi connectivity index (χ0) is 21.3. The predicted molar refractivity (Wildman–Crippen MR) is 102 cm³/mol. The van der Waals surface area contributed by atoms with Gasteiger partial charge in [-0.05, 0) is 53.6 Å². The zero-order valence-electron chi connectivity index (χ0n) is 16.0. The lowest BCUT2D eigenvalue weighted by Gasteiger charge is -2.19. The maximum atomic E-state index is 12.3. The number of nitrogens with zero attached hydrogens (tertiary/aromatic N) is 2. The summed E-state index contributed by atoms with van der Waals surface area (Å²) >= 11 is 0. The van der Waals surface area contributed by atoms with E-state index in [4.69, 9.17) is 5.26 Å². The number of halogens is 3. The van der Waals surface area contributed by atoms with Crippen molar-refractivity contribution in [1.29, 1.82) is 5.26 Å². The van der Waals surface area contributed by atoms with E-state index >= 15 is 0 Å². The van der Waals surface area contributed by atoms with Gasteiger partial charge in [-0.1, -0.05) is 18.2 Å². The Labute approximate surface area is 172 Å². The van der Waals surface area contributed by atoms with Crippen LogP contribution in [0.25, 0.3) is 0 Å². The molecule has 156 valence electrons. The highest BCUT2D eigenvalue weighted by Gasteiger charge is 2.55. The summed E-state index contributed by atoms with van der Waals surface area (Å²) in [5.41, 5.74) is 1.91. The Morgan fingerprint density at radius 2 is 1.90 bits per heavy atom. The summed E-state index contributed by atoms with van der Waals surface area (Å²) in [7, 11) is 0. The van der Waals surface area contributed by atoms with E-state index in [1.54, 1.807) is 6.07 Å². The normalized spacial score (nSPS) is 22.8. The Balaban J connectivity index is 1.24. The first-order valence-corrected chi connectivity index (χ1v) is 9.68. The van der Waals surface area contributed by atoms with Crippen LogP contribution in [0.4, 0.5) is 13.2 Å². The van der Waals surface area contributed by atoms with Crippen molar-refractivity contribution in [2.45, 2.75) is 12.9 Å². The molecule has 0 aromatic heterocycles.